The molecule has 0 atom stereocenters. The first-order valence-corrected chi connectivity index (χ1v) is 9.88. The number of halogens is 2. The van der Waals surface area contributed by atoms with Gasteiger partial charge in [-0.3, -0.25) is 9.69 Å². The molecule has 134 valence electrons. The molecule has 1 fully saturated rings. The molecule has 1 aliphatic heterocycles. The Morgan fingerprint density at radius 2 is 1.88 bits per heavy atom. The van der Waals surface area contributed by atoms with Gasteiger partial charge in [0.2, 0.25) is 0 Å². The monoisotopic (exact) mass is 423 g/mol. The van der Waals surface area contributed by atoms with Crippen molar-refractivity contribution in [2.75, 3.05) is 6.54 Å². The summed E-state index contributed by atoms with van der Waals surface area (Å²) in [5.74, 6) is 0.609. The van der Waals surface area contributed by atoms with Crippen LogP contribution in [0.5, 0.6) is 5.75 Å². The predicted octanol–water partition coefficient (Wildman–Crippen LogP) is 5.79. The Morgan fingerprint density at radius 3 is 2.54 bits per heavy atom. The summed E-state index contributed by atoms with van der Waals surface area (Å²) in [6, 6.07) is 12.8. The lowest BCUT2D eigenvalue weighted by atomic mass is 10.2. The van der Waals surface area contributed by atoms with Crippen molar-refractivity contribution in [2.24, 2.45) is 0 Å². The van der Waals surface area contributed by atoms with Crippen molar-refractivity contribution in [2.45, 2.75) is 13.5 Å². The summed E-state index contributed by atoms with van der Waals surface area (Å²) in [5, 5.41) is 1.13. The lowest BCUT2D eigenvalue weighted by Gasteiger charge is -2.10. The predicted molar refractivity (Wildman–Crippen MR) is 113 cm³/mol. The van der Waals surface area contributed by atoms with Gasteiger partial charge in [-0.05, 0) is 42.8 Å². The van der Waals surface area contributed by atoms with E-state index in [1.54, 1.807) is 23.1 Å². The van der Waals surface area contributed by atoms with Crippen LogP contribution < -0.4 is 4.74 Å². The summed E-state index contributed by atoms with van der Waals surface area (Å²) >= 11 is 18.9. The first-order chi connectivity index (χ1) is 12.5. The standard InChI is InChI=1S/C19H15Cl2NO2S2/c1-2-22-18(23)17(26-19(22)25)10-12-5-3-6-13(9-12)24-11-14-15(20)7-4-8-16(14)21/h3-10H,2,11H2,1H3/b17-10-. The third kappa shape index (κ3) is 4.23. The van der Waals surface area contributed by atoms with E-state index in [9.17, 15) is 4.79 Å². The molecule has 7 heteroatoms. The number of hydrogen-bond donors (Lipinski definition) is 0. The second-order valence-electron chi connectivity index (χ2n) is 5.49. The maximum Gasteiger partial charge on any atom is 0.266 e. The topological polar surface area (TPSA) is 29.5 Å². The normalized spacial score (nSPS) is 15.8. The highest BCUT2D eigenvalue weighted by Gasteiger charge is 2.30. The van der Waals surface area contributed by atoms with Gasteiger partial charge in [0, 0.05) is 22.2 Å². The van der Waals surface area contributed by atoms with E-state index in [0.29, 0.717) is 31.6 Å². The number of nitrogens with zero attached hydrogens (tertiary/aromatic N) is 1. The number of rotatable bonds is 5. The van der Waals surface area contributed by atoms with Crippen molar-refractivity contribution < 1.29 is 9.53 Å². The zero-order chi connectivity index (χ0) is 18.7. The zero-order valence-corrected chi connectivity index (χ0v) is 17.0. The second kappa shape index (κ2) is 8.44. The van der Waals surface area contributed by atoms with E-state index in [1.165, 1.54) is 11.8 Å². The molecule has 1 saturated heterocycles. The molecule has 0 N–H and O–H groups in total. The number of amides is 1. The van der Waals surface area contributed by atoms with Crippen LogP contribution in [0.1, 0.15) is 18.1 Å². The van der Waals surface area contributed by atoms with Crippen LogP contribution in [0.3, 0.4) is 0 Å². The number of benzene rings is 2. The highest BCUT2D eigenvalue weighted by atomic mass is 35.5. The molecule has 1 aliphatic rings. The van der Waals surface area contributed by atoms with Crippen molar-refractivity contribution in [1.82, 2.24) is 4.90 Å². The Balaban J connectivity index is 1.76. The lowest BCUT2D eigenvalue weighted by Crippen LogP contribution is -2.27. The molecular weight excluding hydrogens is 409 g/mol. The first-order valence-electron chi connectivity index (χ1n) is 7.90. The maximum atomic E-state index is 12.3. The highest BCUT2D eigenvalue weighted by molar-refractivity contribution is 8.26. The van der Waals surface area contributed by atoms with Crippen LogP contribution in [0.25, 0.3) is 6.08 Å². The quantitative estimate of drug-likeness (QED) is 0.449. The largest absolute Gasteiger partial charge is 0.489 e. The van der Waals surface area contributed by atoms with Crippen LogP contribution in [0.4, 0.5) is 0 Å². The number of carbonyl (C=O) groups excluding carboxylic acids is 1. The van der Waals surface area contributed by atoms with Crippen molar-refractivity contribution >= 4 is 63.5 Å². The molecule has 0 aliphatic carbocycles. The molecule has 3 rings (SSSR count). The van der Waals surface area contributed by atoms with Crippen LogP contribution in [0, 0.1) is 0 Å². The van der Waals surface area contributed by atoms with Gasteiger partial charge in [0.1, 0.15) is 16.7 Å². The summed E-state index contributed by atoms with van der Waals surface area (Å²) in [4.78, 5) is 14.5. The Labute approximate surface area is 171 Å². The Kier molecular flexibility index (Phi) is 6.24. The minimum Gasteiger partial charge on any atom is -0.489 e. The van der Waals surface area contributed by atoms with Gasteiger partial charge in [0.25, 0.3) is 5.91 Å². The fourth-order valence-electron chi connectivity index (χ4n) is 2.44. The molecule has 0 saturated carbocycles. The summed E-state index contributed by atoms with van der Waals surface area (Å²) in [6.45, 7) is 2.74. The van der Waals surface area contributed by atoms with Gasteiger partial charge >= 0.3 is 0 Å². The number of carbonyl (C=O) groups is 1. The summed E-state index contributed by atoms with van der Waals surface area (Å²) in [5.41, 5.74) is 1.61. The van der Waals surface area contributed by atoms with E-state index in [4.69, 9.17) is 40.2 Å². The van der Waals surface area contributed by atoms with Gasteiger partial charge in [0.15, 0.2) is 0 Å². The number of thiocarbonyl (C=S) groups is 1. The molecule has 0 radical (unpaired) electrons. The molecule has 3 nitrogen and oxygen atoms in total. The van der Waals surface area contributed by atoms with Crippen LogP contribution in [-0.2, 0) is 11.4 Å². The number of hydrogen-bond acceptors (Lipinski definition) is 4. The smallest absolute Gasteiger partial charge is 0.266 e. The SMILES string of the molecule is CCN1C(=O)/C(=C/c2cccc(OCc3c(Cl)cccc3Cl)c2)SC1=S. The van der Waals surface area contributed by atoms with E-state index >= 15 is 0 Å². The zero-order valence-electron chi connectivity index (χ0n) is 13.9. The molecular formula is C19H15Cl2NO2S2. The van der Waals surface area contributed by atoms with Crippen LogP contribution in [0.2, 0.25) is 10.0 Å². The fraction of sp³-hybridized carbons (Fsp3) is 0.158. The Hall–Kier alpha value is -1.53. The third-order valence-corrected chi connectivity index (χ3v) is 5.88. The second-order valence-corrected chi connectivity index (χ2v) is 7.98. The number of thioether (sulfide) groups is 1. The number of likely N-dealkylation sites (N-methyl/N-ethyl adjacent to an activating group) is 1. The van der Waals surface area contributed by atoms with Crippen LogP contribution in [0.15, 0.2) is 47.4 Å². The molecule has 0 aromatic heterocycles. The third-order valence-electron chi connectivity index (χ3n) is 3.79. The van der Waals surface area contributed by atoms with Gasteiger partial charge in [-0.15, -0.1) is 0 Å². The van der Waals surface area contributed by atoms with Crippen LogP contribution >= 0.6 is 47.2 Å². The summed E-state index contributed by atoms with van der Waals surface area (Å²) < 4.78 is 6.41. The average Bonchev–Trinajstić information content (AvgIpc) is 2.88. The summed E-state index contributed by atoms with van der Waals surface area (Å²) in [6.07, 6.45) is 1.82. The Bertz CT molecular complexity index is 879. The average molecular weight is 424 g/mol. The van der Waals surface area contributed by atoms with E-state index in [2.05, 4.69) is 0 Å². The molecule has 0 bridgehead atoms. The Morgan fingerprint density at radius 1 is 1.19 bits per heavy atom. The molecule has 26 heavy (non-hydrogen) atoms. The van der Waals surface area contributed by atoms with Gasteiger partial charge < -0.3 is 4.74 Å². The lowest BCUT2D eigenvalue weighted by molar-refractivity contribution is -0.121. The summed E-state index contributed by atoms with van der Waals surface area (Å²) in [7, 11) is 0. The van der Waals surface area contributed by atoms with E-state index in [1.807, 2.05) is 37.3 Å². The molecule has 1 heterocycles. The van der Waals surface area contributed by atoms with E-state index in [0.717, 1.165) is 11.1 Å². The van der Waals surface area contributed by atoms with E-state index < -0.39 is 0 Å². The minimum absolute atomic E-state index is 0.0586. The van der Waals surface area contributed by atoms with Crippen LogP contribution in [-0.4, -0.2) is 21.7 Å². The van der Waals surface area contributed by atoms with Crippen molar-refractivity contribution in [1.29, 1.82) is 0 Å². The molecule has 1 amide bonds. The minimum atomic E-state index is -0.0586. The van der Waals surface area contributed by atoms with Crippen molar-refractivity contribution in [3.63, 3.8) is 0 Å². The first kappa shape index (κ1) is 19.2. The van der Waals surface area contributed by atoms with Crippen molar-refractivity contribution in [3.05, 3.63) is 68.5 Å². The van der Waals surface area contributed by atoms with Crippen molar-refractivity contribution in [3.8, 4) is 5.75 Å². The maximum absolute atomic E-state index is 12.3. The molecule has 2 aromatic rings. The van der Waals surface area contributed by atoms with Gasteiger partial charge in [-0.2, -0.15) is 0 Å². The molecule has 0 spiro atoms. The molecule has 0 unspecified atom stereocenters. The highest BCUT2D eigenvalue weighted by Crippen LogP contribution is 2.33. The fourth-order valence-corrected chi connectivity index (χ4v) is 4.33. The number of ether oxygens (including phenoxy) is 1. The van der Waals surface area contributed by atoms with Gasteiger partial charge in [0.05, 0.1) is 4.91 Å². The van der Waals surface area contributed by atoms with E-state index in [-0.39, 0.29) is 12.5 Å². The van der Waals surface area contributed by atoms with Gasteiger partial charge in [-0.25, -0.2) is 0 Å². The molecule has 2 aromatic carbocycles. The van der Waals surface area contributed by atoms with Gasteiger partial charge in [-0.1, -0.05) is 65.4 Å².